The molecule has 0 unspecified atom stereocenters. The molecule has 2 atom stereocenters. The molecule has 0 spiro atoms. The van der Waals surface area contributed by atoms with Crippen LogP contribution in [0, 0.1) is 12.8 Å². The van der Waals surface area contributed by atoms with Gasteiger partial charge < -0.3 is 10.1 Å². The number of hydrogen-bond acceptors (Lipinski definition) is 3. The summed E-state index contributed by atoms with van der Waals surface area (Å²) in [6.07, 6.45) is -4.72. The van der Waals surface area contributed by atoms with Crippen LogP contribution in [0.3, 0.4) is 0 Å². The lowest BCUT2D eigenvalue weighted by Gasteiger charge is -2.39. The topological polar surface area (TPSA) is 38.3 Å². The van der Waals surface area contributed by atoms with Gasteiger partial charge in [0.1, 0.15) is 0 Å². The Morgan fingerprint density at radius 2 is 1.80 bits per heavy atom. The van der Waals surface area contributed by atoms with E-state index in [1.165, 1.54) is 6.07 Å². The van der Waals surface area contributed by atoms with Crippen molar-refractivity contribution in [1.29, 1.82) is 0 Å². The van der Waals surface area contributed by atoms with Crippen molar-refractivity contribution in [2.75, 3.05) is 12.4 Å². The van der Waals surface area contributed by atoms with Crippen LogP contribution in [0.2, 0.25) is 0 Å². The lowest BCUT2D eigenvalue weighted by atomic mass is 9.82. The lowest BCUT2D eigenvalue weighted by molar-refractivity contribution is -0.201. The molecule has 0 saturated carbocycles. The number of ether oxygens (including phenoxy) is 1. The Bertz CT molecular complexity index is 803. The fourth-order valence-electron chi connectivity index (χ4n) is 3.55. The second-order valence-corrected chi connectivity index (χ2v) is 6.18. The first-order valence-electron chi connectivity index (χ1n) is 7.88. The van der Waals surface area contributed by atoms with E-state index in [0.29, 0.717) is 16.8 Å². The molecule has 0 heterocycles. The number of carbonyl (C=O) groups is 1. The van der Waals surface area contributed by atoms with Crippen LogP contribution >= 0.6 is 0 Å². The Balaban J connectivity index is 2.24. The number of benzene rings is 2. The van der Waals surface area contributed by atoms with Crippen LogP contribution in [0.1, 0.15) is 16.7 Å². The molecule has 0 saturated heterocycles. The number of rotatable bonds is 3. The number of para-hydroxylation sites is 1. The van der Waals surface area contributed by atoms with Crippen LogP contribution in [-0.4, -0.2) is 19.3 Å². The van der Waals surface area contributed by atoms with Crippen LogP contribution in [0.25, 0.3) is 0 Å². The third-order valence-corrected chi connectivity index (χ3v) is 4.80. The number of aryl methyl sites for hydroxylation is 1. The molecular weight excluding hydrogens is 331 g/mol. The van der Waals surface area contributed by atoms with E-state index in [0.717, 1.165) is 7.11 Å². The van der Waals surface area contributed by atoms with Gasteiger partial charge in [-0.1, -0.05) is 42.5 Å². The van der Waals surface area contributed by atoms with Crippen molar-refractivity contribution in [2.45, 2.75) is 25.1 Å². The highest BCUT2D eigenvalue weighted by molar-refractivity contribution is 5.79. The molecule has 2 aromatic carbocycles. The molecule has 132 valence electrons. The molecule has 0 bridgehead atoms. The first-order valence-corrected chi connectivity index (χ1v) is 7.88. The van der Waals surface area contributed by atoms with Crippen molar-refractivity contribution in [1.82, 2.24) is 0 Å². The third kappa shape index (κ3) is 2.65. The van der Waals surface area contributed by atoms with Gasteiger partial charge in [-0.3, -0.25) is 4.79 Å². The number of methoxy groups -OCH3 is 1. The summed E-state index contributed by atoms with van der Waals surface area (Å²) >= 11 is 0. The average molecular weight is 349 g/mol. The highest BCUT2D eigenvalue weighted by atomic mass is 19.4. The first kappa shape index (κ1) is 17.3. The fourth-order valence-corrected chi connectivity index (χ4v) is 3.55. The summed E-state index contributed by atoms with van der Waals surface area (Å²) in [6, 6.07) is 13.0. The minimum atomic E-state index is -4.69. The predicted octanol–water partition coefficient (Wildman–Crippen LogP) is 4.21. The average Bonchev–Trinajstić information content (AvgIpc) is 2.92. The SMILES string of the molecule is COC(=O)[C@H]1Cc2ccccc2[C@]1(Nc1ccccc1C)C(F)(F)F. The Hall–Kier alpha value is -2.50. The highest BCUT2D eigenvalue weighted by Gasteiger charge is 2.66. The molecule has 0 radical (unpaired) electrons. The number of carbonyl (C=O) groups excluding carboxylic acids is 1. The number of nitrogens with one attached hydrogen (secondary N) is 1. The molecule has 6 heteroatoms. The van der Waals surface area contributed by atoms with Crippen molar-refractivity contribution in [3.63, 3.8) is 0 Å². The molecule has 1 aliphatic rings. The smallest absolute Gasteiger partial charge is 0.416 e. The zero-order valence-corrected chi connectivity index (χ0v) is 13.9. The molecule has 0 aromatic heterocycles. The van der Waals surface area contributed by atoms with Gasteiger partial charge >= 0.3 is 12.1 Å². The number of hydrogen-bond donors (Lipinski definition) is 1. The van der Waals surface area contributed by atoms with E-state index >= 15 is 0 Å². The maximum absolute atomic E-state index is 14.4. The van der Waals surface area contributed by atoms with E-state index in [-0.39, 0.29) is 12.0 Å². The van der Waals surface area contributed by atoms with E-state index in [2.05, 4.69) is 5.32 Å². The summed E-state index contributed by atoms with van der Waals surface area (Å²) < 4.78 is 47.9. The van der Waals surface area contributed by atoms with Crippen LogP contribution in [0.5, 0.6) is 0 Å². The molecule has 25 heavy (non-hydrogen) atoms. The summed E-state index contributed by atoms with van der Waals surface area (Å²) in [5, 5.41) is 2.66. The molecule has 1 aliphatic carbocycles. The van der Waals surface area contributed by atoms with E-state index < -0.39 is 23.6 Å². The number of halogens is 3. The van der Waals surface area contributed by atoms with Gasteiger partial charge in [-0.2, -0.15) is 13.2 Å². The van der Waals surface area contributed by atoms with Gasteiger partial charge in [0.05, 0.1) is 13.0 Å². The summed E-state index contributed by atoms with van der Waals surface area (Å²) in [5.74, 6) is -2.27. The second kappa shape index (κ2) is 6.10. The largest absolute Gasteiger partial charge is 0.469 e. The van der Waals surface area contributed by atoms with E-state index in [1.807, 2.05) is 0 Å². The van der Waals surface area contributed by atoms with Crippen LogP contribution in [-0.2, 0) is 21.5 Å². The summed E-state index contributed by atoms with van der Waals surface area (Å²) in [4.78, 5) is 12.3. The summed E-state index contributed by atoms with van der Waals surface area (Å²) in [6.45, 7) is 1.72. The lowest BCUT2D eigenvalue weighted by Crippen LogP contribution is -2.55. The molecular formula is C19H18F3NO2. The minimum Gasteiger partial charge on any atom is -0.469 e. The molecule has 0 aliphatic heterocycles. The standard InChI is InChI=1S/C19H18F3NO2/c1-12-7-3-6-10-16(12)23-18(19(20,21)22)14-9-5-4-8-13(14)11-15(18)17(24)25-2/h3-10,15,23H,11H2,1-2H3/t15-,18-/m1/s1. The van der Waals surface area contributed by atoms with Gasteiger partial charge in [0.25, 0.3) is 0 Å². The summed E-state index contributed by atoms with van der Waals surface area (Å²) in [7, 11) is 1.11. The molecule has 2 aromatic rings. The van der Waals surface area contributed by atoms with Gasteiger partial charge in [0.15, 0.2) is 5.54 Å². The maximum atomic E-state index is 14.4. The Labute approximate surface area is 143 Å². The number of esters is 1. The van der Waals surface area contributed by atoms with Crippen LogP contribution < -0.4 is 5.32 Å². The highest BCUT2D eigenvalue weighted by Crippen LogP contribution is 2.53. The van der Waals surface area contributed by atoms with Crippen LogP contribution in [0.4, 0.5) is 18.9 Å². The normalized spacial score (nSPS) is 22.4. The van der Waals surface area contributed by atoms with Gasteiger partial charge in [0, 0.05) is 5.69 Å². The fraction of sp³-hybridized carbons (Fsp3) is 0.316. The third-order valence-electron chi connectivity index (χ3n) is 4.80. The quantitative estimate of drug-likeness (QED) is 0.844. The van der Waals surface area contributed by atoms with Gasteiger partial charge in [-0.15, -0.1) is 0 Å². The Kier molecular flexibility index (Phi) is 4.22. The molecule has 3 nitrogen and oxygen atoms in total. The molecule has 0 fully saturated rings. The molecule has 3 rings (SSSR count). The monoisotopic (exact) mass is 349 g/mol. The van der Waals surface area contributed by atoms with Crippen molar-refractivity contribution >= 4 is 11.7 Å². The van der Waals surface area contributed by atoms with E-state index in [1.54, 1.807) is 49.4 Å². The minimum absolute atomic E-state index is 0.0265. The number of fused-ring (bicyclic) bond motifs is 1. The van der Waals surface area contributed by atoms with Crippen molar-refractivity contribution in [2.24, 2.45) is 5.92 Å². The van der Waals surface area contributed by atoms with E-state index in [4.69, 9.17) is 4.74 Å². The van der Waals surface area contributed by atoms with Crippen molar-refractivity contribution in [3.05, 3.63) is 65.2 Å². The van der Waals surface area contributed by atoms with Gasteiger partial charge in [0.2, 0.25) is 0 Å². The Morgan fingerprint density at radius 1 is 1.16 bits per heavy atom. The van der Waals surface area contributed by atoms with Crippen LogP contribution in [0.15, 0.2) is 48.5 Å². The van der Waals surface area contributed by atoms with Crippen molar-refractivity contribution in [3.8, 4) is 0 Å². The maximum Gasteiger partial charge on any atom is 0.416 e. The van der Waals surface area contributed by atoms with Crippen molar-refractivity contribution < 1.29 is 22.7 Å². The number of anilines is 1. The second-order valence-electron chi connectivity index (χ2n) is 6.18. The molecule has 1 N–H and O–H groups in total. The summed E-state index contributed by atoms with van der Waals surface area (Å²) in [5.41, 5.74) is -0.954. The van der Waals surface area contributed by atoms with E-state index in [9.17, 15) is 18.0 Å². The zero-order valence-electron chi connectivity index (χ0n) is 13.9. The molecule has 0 amide bonds. The van der Waals surface area contributed by atoms with Gasteiger partial charge in [-0.25, -0.2) is 0 Å². The Morgan fingerprint density at radius 3 is 2.44 bits per heavy atom. The number of alkyl halides is 3. The predicted molar refractivity (Wildman–Crippen MR) is 88.2 cm³/mol. The zero-order chi connectivity index (χ0) is 18.2. The first-order chi connectivity index (χ1) is 11.8. The van der Waals surface area contributed by atoms with Gasteiger partial charge in [-0.05, 0) is 36.1 Å².